The Kier molecular flexibility index (Phi) is 4.73. The van der Waals surface area contributed by atoms with Gasteiger partial charge in [0.25, 0.3) is 15.9 Å². The summed E-state index contributed by atoms with van der Waals surface area (Å²) in [5, 5.41) is 1.95. The summed E-state index contributed by atoms with van der Waals surface area (Å²) in [6.07, 6.45) is -5.46. The van der Waals surface area contributed by atoms with Gasteiger partial charge in [-0.25, -0.2) is 8.42 Å². The summed E-state index contributed by atoms with van der Waals surface area (Å²) in [4.78, 5) is 11.4. The van der Waals surface area contributed by atoms with Gasteiger partial charge in [-0.15, -0.1) is 0 Å². The Hall–Kier alpha value is -2.46. The molecule has 1 amide bonds. The Morgan fingerprint density at radius 3 is 2.56 bits per heavy atom. The first-order valence-corrected chi connectivity index (χ1v) is 9.34. The van der Waals surface area contributed by atoms with Crippen molar-refractivity contribution in [2.75, 3.05) is 10.0 Å². The van der Waals surface area contributed by atoms with Gasteiger partial charge in [-0.2, -0.15) is 13.2 Å². The van der Waals surface area contributed by atoms with E-state index in [4.69, 9.17) is 16.3 Å². The molecule has 2 aromatic carbocycles. The first-order valence-electron chi connectivity index (χ1n) is 7.48. The zero-order chi connectivity index (χ0) is 20.0. The first kappa shape index (κ1) is 19.3. The number of carbonyl (C=O) groups excluding carboxylic acids is 1. The minimum atomic E-state index is -4.73. The summed E-state index contributed by atoms with van der Waals surface area (Å²) in [5.74, 6) is -0.163. The minimum Gasteiger partial charge on any atom is -0.479 e. The number of rotatable bonds is 3. The molecule has 2 aromatic rings. The maximum atomic E-state index is 12.9. The fourth-order valence-electron chi connectivity index (χ4n) is 2.38. The van der Waals surface area contributed by atoms with Crippen molar-refractivity contribution in [1.29, 1.82) is 0 Å². The number of hydrogen-bond acceptors (Lipinski definition) is 4. The molecule has 0 radical (unpaired) electrons. The number of ether oxygens (including phenoxy) is 1. The third-order valence-corrected chi connectivity index (χ3v) is 5.42. The largest absolute Gasteiger partial charge is 0.479 e. The van der Waals surface area contributed by atoms with E-state index in [-0.39, 0.29) is 22.0 Å². The van der Waals surface area contributed by atoms with Gasteiger partial charge in [-0.05, 0) is 43.3 Å². The van der Waals surface area contributed by atoms with Crippen LogP contribution in [0.5, 0.6) is 5.75 Å². The molecule has 1 aliphatic rings. The number of sulfonamides is 1. The van der Waals surface area contributed by atoms with Crippen LogP contribution in [0.3, 0.4) is 0 Å². The summed E-state index contributed by atoms with van der Waals surface area (Å²) in [6, 6.07) is 6.38. The van der Waals surface area contributed by atoms with Gasteiger partial charge in [0.2, 0.25) is 0 Å². The lowest BCUT2D eigenvalue weighted by atomic mass is 10.2. The number of halogens is 4. The van der Waals surface area contributed by atoms with Crippen molar-refractivity contribution in [1.82, 2.24) is 0 Å². The van der Waals surface area contributed by atoms with Gasteiger partial charge in [0, 0.05) is 5.69 Å². The Balaban J connectivity index is 1.92. The van der Waals surface area contributed by atoms with Crippen LogP contribution in [0.15, 0.2) is 41.3 Å². The topological polar surface area (TPSA) is 84.5 Å². The number of alkyl halides is 3. The Morgan fingerprint density at radius 2 is 1.89 bits per heavy atom. The third kappa shape index (κ3) is 3.96. The van der Waals surface area contributed by atoms with Gasteiger partial charge >= 0.3 is 6.18 Å². The second-order valence-corrected chi connectivity index (χ2v) is 7.79. The molecule has 144 valence electrons. The monoisotopic (exact) mass is 420 g/mol. The SMILES string of the molecule is CC1Oc2ccc(S(=O)(=O)Nc3ccc(Cl)c(C(F)(F)F)c3)cc2NC1=O. The minimum absolute atomic E-state index is 0.146. The van der Waals surface area contributed by atoms with Gasteiger partial charge in [-0.1, -0.05) is 11.6 Å². The molecule has 0 spiro atoms. The molecular weight excluding hydrogens is 409 g/mol. The molecule has 0 aliphatic carbocycles. The molecule has 3 rings (SSSR count). The number of anilines is 2. The van der Waals surface area contributed by atoms with Crippen molar-refractivity contribution >= 4 is 38.9 Å². The number of carbonyl (C=O) groups is 1. The van der Waals surface area contributed by atoms with Gasteiger partial charge < -0.3 is 10.1 Å². The normalized spacial score (nSPS) is 16.9. The first-order chi connectivity index (χ1) is 12.5. The van der Waals surface area contributed by atoms with E-state index in [0.29, 0.717) is 6.07 Å². The van der Waals surface area contributed by atoms with E-state index in [1.54, 1.807) is 0 Å². The number of benzene rings is 2. The van der Waals surface area contributed by atoms with Crippen LogP contribution >= 0.6 is 11.6 Å². The lowest BCUT2D eigenvalue weighted by molar-refractivity contribution is -0.137. The lowest BCUT2D eigenvalue weighted by Crippen LogP contribution is -2.34. The van der Waals surface area contributed by atoms with E-state index in [1.807, 2.05) is 0 Å². The maximum absolute atomic E-state index is 12.9. The Labute approximate surface area is 157 Å². The average molecular weight is 421 g/mol. The Bertz CT molecular complexity index is 1020. The fourth-order valence-corrected chi connectivity index (χ4v) is 3.68. The predicted molar refractivity (Wildman–Crippen MR) is 92.4 cm³/mol. The second-order valence-electron chi connectivity index (χ2n) is 5.71. The highest BCUT2D eigenvalue weighted by atomic mass is 35.5. The van der Waals surface area contributed by atoms with E-state index in [0.717, 1.165) is 18.2 Å². The molecule has 0 saturated carbocycles. The van der Waals surface area contributed by atoms with E-state index in [9.17, 15) is 26.4 Å². The smallest absolute Gasteiger partial charge is 0.417 e. The summed E-state index contributed by atoms with van der Waals surface area (Å²) >= 11 is 5.52. The van der Waals surface area contributed by atoms with Gasteiger partial charge in [0.1, 0.15) is 5.75 Å². The van der Waals surface area contributed by atoms with Crippen molar-refractivity contribution in [2.45, 2.75) is 24.1 Å². The zero-order valence-electron chi connectivity index (χ0n) is 13.6. The predicted octanol–water partition coefficient (Wildman–Crippen LogP) is 3.88. The average Bonchev–Trinajstić information content (AvgIpc) is 2.56. The molecule has 0 bridgehead atoms. The second kappa shape index (κ2) is 6.61. The van der Waals surface area contributed by atoms with Crippen LogP contribution in [0.1, 0.15) is 12.5 Å². The molecule has 2 N–H and O–H groups in total. The molecule has 1 atom stereocenters. The van der Waals surface area contributed by atoms with Crippen LogP contribution < -0.4 is 14.8 Å². The van der Waals surface area contributed by atoms with Crippen LogP contribution in [0, 0.1) is 0 Å². The van der Waals surface area contributed by atoms with Crippen molar-refractivity contribution in [3.05, 3.63) is 47.0 Å². The third-order valence-electron chi connectivity index (χ3n) is 3.72. The van der Waals surface area contributed by atoms with Crippen LogP contribution in [0.4, 0.5) is 24.5 Å². The van der Waals surface area contributed by atoms with E-state index >= 15 is 0 Å². The van der Waals surface area contributed by atoms with Crippen LogP contribution in [0.2, 0.25) is 5.02 Å². The van der Waals surface area contributed by atoms with Gasteiger partial charge in [0.05, 0.1) is 21.2 Å². The molecule has 1 heterocycles. The van der Waals surface area contributed by atoms with Crippen molar-refractivity contribution in [2.24, 2.45) is 0 Å². The molecular formula is C16H12ClF3N2O4S. The van der Waals surface area contributed by atoms with Crippen molar-refractivity contribution in [3.63, 3.8) is 0 Å². The lowest BCUT2D eigenvalue weighted by Gasteiger charge is -2.23. The van der Waals surface area contributed by atoms with E-state index in [2.05, 4.69) is 10.0 Å². The molecule has 0 fully saturated rings. The van der Waals surface area contributed by atoms with Crippen molar-refractivity contribution in [3.8, 4) is 5.75 Å². The number of nitrogens with one attached hydrogen (secondary N) is 2. The van der Waals surface area contributed by atoms with E-state index < -0.39 is 38.8 Å². The number of hydrogen-bond donors (Lipinski definition) is 2. The molecule has 0 saturated heterocycles. The highest BCUT2D eigenvalue weighted by molar-refractivity contribution is 7.92. The van der Waals surface area contributed by atoms with Crippen LogP contribution in [-0.4, -0.2) is 20.4 Å². The van der Waals surface area contributed by atoms with Crippen LogP contribution in [0.25, 0.3) is 0 Å². The number of amides is 1. The van der Waals surface area contributed by atoms with E-state index in [1.165, 1.54) is 19.1 Å². The summed E-state index contributed by atoms with van der Waals surface area (Å²) in [7, 11) is -4.22. The van der Waals surface area contributed by atoms with Crippen LogP contribution in [-0.2, 0) is 21.0 Å². The fraction of sp³-hybridized carbons (Fsp3) is 0.188. The number of fused-ring (bicyclic) bond motifs is 1. The van der Waals surface area contributed by atoms with Gasteiger partial charge in [0.15, 0.2) is 6.10 Å². The molecule has 27 heavy (non-hydrogen) atoms. The van der Waals surface area contributed by atoms with Crippen molar-refractivity contribution < 1.29 is 31.1 Å². The standard InChI is InChI=1S/C16H12ClF3N2O4S/c1-8-15(23)21-13-7-10(3-5-14(13)26-8)27(24,25)22-9-2-4-12(17)11(6-9)16(18,19)20/h2-8,22H,1H3,(H,21,23). The summed E-state index contributed by atoms with van der Waals surface area (Å²) < 4.78 is 71.2. The highest BCUT2D eigenvalue weighted by Crippen LogP contribution is 2.37. The Morgan fingerprint density at radius 1 is 1.19 bits per heavy atom. The highest BCUT2D eigenvalue weighted by Gasteiger charge is 2.34. The molecule has 1 unspecified atom stereocenters. The molecule has 0 aromatic heterocycles. The maximum Gasteiger partial charge on any atom is 0.417 e. The molecule has 11 heteroatoms. The molecule has 1 aliphatic heterocycles. The quantitative estimate of drug-likeness (QED) is 0.789. The summed E-state index contributed by atoms with van der Waals surface area (Å²) in [6.45, 7) is 1.53. The zero-order valence-corrected chi connectivity index (χ0v) is 15.2. The molecule has 6 nitrogen and oxygen atoms in total. The summed E-state index contributed by atoms with van der Waals surface area (Å²) in [5.41, 5.74) is -1.32. The van der Waals surface area contributed by atoms with Gasteiger partial charge in [-0.3, -0.25) is 9.52 Å².